The fourth-order valence-corrected chi connectivity index (χ4v) is 1.89. The number of hydrogen-bond donors (Lipinski definition) is 1. The molecule has 0 aromatic carbocycles. The Morgan fingerprint density at radius 3 is 2.88 bits per heavy atom. The first kappa shape index (κ1) is 12.0. The molecule has 2 aromatic heterocycles. The summed E-state index contributed by atoms with van der Waals surface area (Å²) in [5.74, 6) is 2.27. The normalized spacial score (nSPS) is 10.9. The smallest absolute Gasteiger partial charge is 0.228 e. The fourth-order valence-electron chi connectivity index (χ4n) is 1.64. The van der Waals surface area contributed by atoms with E-state index in [1.165, 1.54) is 0 Å². The van der Waals surface area contributed by atoms with Gasteiger partial charge in [0.2, 0.25) is 5.89 Å². The van der Waals surface area contributed by atoms with Crippen molar-refractivity contribution in [2.75, 3.05) is 0 Å². The molecule has 0 unspecified atom stereocenters. The lowest BCUT2D eigenvalue weighted by Gasteiger charge is -2.03. The second-order valence-electron chi connectivity index (χ2n) is 3.83. The Bertz CT molecular complexity index is 541. The molecule has 0 aliphatic heterocycles. The number of rotatable bonds is 5. The molecule has 0 aliphatic carbocycles. The first-order valence-electron chi connectivity index (χ1n) is 5.64. The van der Waals surface area contributed by atoms with Crippen molar-refractivity contribution < 1.29 is 4.52 Å². The summed E-state index contributed by atoms with van der Waals surface area (Å²) in [6, 6.07) is 0. The summed E-state index contributed by atoms with van der Waals surface area (Å²) in [4.78, 5) is 4.16. The minimum absolute atomic E-state index is 0.632. The summed E-state index contributed by atoms with van der Waals surface area (Å²) in [5, 5.41) is 10.8. The molecule has 2 heterocycles. The molecule has 0 spiro atoms. The minimum Gasteiger partial charge on any atom is -0.339 e. The second-order valence-corrected chi connectivity index (χ2v) is 4.22. The van der Waals surface area contributed by atoms with Gasteiger partial charge in [-0.3, -0.25) is 5.10 Å². The van der Waals surface area contributed by atoms with Crippen molar-refractivity contribution in [1.29, 1.82) is 0 Å². The van der Waals surface area contributed by atoms with Gasteiger partial charge in [0.05, 0.1) is 0 Å². The maximum atomic E-state index is 5.19. The lowest BCUT2D eigenvalue weighted by atomic mass is 10.3. The van der Waals surface area contributed by atoms with E-state index in [-0.39, 0.29) is 0 Å². The third kappa shape index (κ3) is 2.79. The molecular formula is C10H15N5OS. The van der Waals surface area contributed by atoms with Gasteiger partial charge in [-0.05, 0) is 25.6 Å². The van der Waals surface area contributed by atoms with Crippen LogP contribution in [0.5, 0.6) is 0 Å². The molecule has 0 amide bonds. The molecular weight excluding hydrogens is 238 g/mol. The van der Waals surface area contributed by atoms with Crippen molar-refractivity contribution in [3.05, 3.63) is 22.3 Å². The van der Waals surface area contributed by atoms with Crippen LogP contribution >= 0.6 is 12.2 Å². The van der Waals surface area contributed by atoms with Crippen LogP contribution in [-0.2, 0) is 19.4 Å². The summed E-state index contributed by atoms with van der Waals surface area (Å²) in [6.45, 7) is 4.63. The van der Waals surface area contributed by atoms with Gasteiger partial charge in [-0.1, -0.05) is 12.1 Å². The highest BCUT2D eigenvalue weighted by atomic mass is 32.1. The molecule has 7 heteroatoms. The molecule has 0 atom stereocenters. The second kappa shape index (κ2) is 5.22. The highest BCUT2D eigenvalue weighted by molar-refractivity contribution is 7.71. The molecule has 0 fully saturated rings. The number of nitrogens with one attached hydrogen (secondary N) is 1. The van der Waals surface area contributed by atoms with E-state index in [1.807, 2.05) is 4.57 Å². The molecule has 2 rings (SSSR count). The van der Waals surface area contributed by atoms with E-state index < -0.39 is 0 Å². The molecule has 92 valence electrons. The molecule has 2 aromatic rings. The van der Waals surface area contributed by atoms with E-state index in [1.54, 1.807) is 6.92 Å². The van der Waals surface area contributed by atoms with E-state index in [4.69, 9.17) is 16.7 Å². The van der Waals surface area contributed by atoms with Crippen molar-refractivity contribution in [3.8, 4) is 0 Å². The highest BCUT2D eigenvalue weighted by Crippen LogP contribution is 2.05. The van der Waals surface area contributed by atoms with Gasteiger partial charge in [-0.25, -0.2) is 0 Å². The summed E-state index contributed by atoms with van der Waals surface area (Å²) in [5.41, 5.74) is 0. The summed E-state index contributed by atoms with van der Waals surface area (Å²) in [7, 11) is 0. The number of H-pyrrole nitrogens is 1. The Balaban J connectivity index is 2.08. The minimum atomic E-state index is 0.632. The van der Waals surface area contributed by atoms with Crippen molar-refractivity contribution >= 4 is 12.2 Å². The summed E-state index contributed by atoms with van der Waals surface area (Å²) < 4.78 is 7.69. The Morgan fingerprint density at radius 1 is 1.41 bits per heavy atom. The maximum absolute atomic E-state index is 5.19. The lowest BCUT2D eigenvalue weighted by Crippen LogP contribution is -2.06. The Labute approximate surface area is 104 Å². The zero-order valence-electron chi connectivity index (χ0n) is 9.93. The molecule has 0 aliphatic rings. The molecule has 0 bridgehead atoms. The van der Waals surface area contributed by atoms with Crippen LogP contribution in [0, 0.1) is 11.7 Å². The van der Waals surface area contributed by atoms with Gasteiger partial charge in [0, 0.05) is 19.4 Å². The van der Waals surface area contributed by atoms with Crippen LogP contribution in [0.3, 0.4) is 0 Å². The van der Waals surface area contributed by atoms with Crippen LogP contribution < -0.4 is 0 Å². The Hall–Kier alpha value is -1.50. The third-order valence-corrected chi connectivity index (χ3v) is 2.74. The molecule has 6 nitrogen and oxygen atoms in total. The number of aromatic nitrogens is 5. The van der Waals surface area contributed by atoms with Gasteiger partial charge in [-0.2, -0.15) is 10.1 Å². The zero-order chi connectivity index (χ0) is 12.3. The van der Waals surface area contributed by atoms with Gasteiger partial charge < -0.3 is 9.09 Å². The number of aromatic amines is 1. The average Bonchev–Trinajstić information content (AvgIpc) is 2.85. The van der Waals surface area contributed by atoms with Gasteiger partial charge in [0.1, 0.15) is 5.82 Å². The third-order valence-electron chi connectivity index (χ3n) is 2.43. The molecule has 0 saturated carbocycles. The van der Waals surface area contributed by atoms with Crippen LogP contribution in [0.2, 0.25) is 0 Å². The molecule has 17 heavy (non-hydrogen) atoms. The van der Waals surface area contributed by atoms with Gasteiger partial charge in [0.15, 0.2) is 10.6 Å². The van der Waals surface area contributed by atoms with Gasteiger partial charge in [-0.15, -0.1) is 0 Å². The van der Waals surface area contributed by atoms with E-state index in [0.717, 1.165) is 18.7 Å². The number of aryl methyl sites for hydroxylation is 3. The first-order chi connectivity index (χ1) is 8.20. The van der Waals surface area contributed by atoms with E-state index in [9.17, 15) is 0 Å². The standard InChI is InChI=1S/C10H15N5OS/c1-3-4-8-12-13-10(17)15(8)6-5-9-11-7(2)14-16-9/h3-6H2,1-2H3,(H,13,17). The summed E-state index contributed by atoms with van der Waals surface area (Å²) >= 11 is 5.19. The van der Waals surface area contributed by atoms with Crippen LogP contribution in [0.15, 0.2) is 4.52 Å². The van der Waals surface area contributed by atoms with E-state index in [2.05, 4.69) is 27.3 Å². The highest BCUT2D eigenvalue weighted by Gasteiger charge is 2.08. The van der Waals surface area contributed by atoms with Gasteiger partial charge in [0.25, 0.3) is 0 Å². The quantitative estimate of drug-likeness (QED) is 0.823. The van der Waals surface area contributed by atoms with Gasteiger partial charge >= 0.3 is 0 Å². The van der Waals surface area contributed by atoms with Crippen LogP contribution in [0.4, 0.5) is 0 Å². The SMILES string of the molecule is CCCc1n[nH]c(=S)n1CCc1nc(C)no1. The summed E-state index contributed by atoms with van der Waals surface area (Å²) in [6.07, 6.45) is 2.63. The number of nitrogens with zero attached hydrogens (tertiary/aromatic N) is 4. The molecule has 1 N–H and O–H groups in total. The van der Waals surface area contributed by atoms with Crippen molar-refractivity contribution in [2.45, 2.75) is 39.7 Å². The average molecular weight is 253 g/mol. The van der Waals surface area contributed by atoms with E-state index in [0.29, 0.717) is 29.5 Å². The zero-order valence-corrected chi connectivity index (χ0v) is 10.8. The monoisotopic (exact) mass is 253 g/mol. The largest absolute Gasteiger partial charge is 0.339 e. The van der Waals surface area contributed by atoms with Crippen molar-refractivity contribution in [3.63, 3.8) is 0 Å². The van der Waals surface area contributed by atoms with Crippen LogP contribution in [-0.4, -0.2) is 24.9 Å². The molecule has 0 saturated heterocycles. The maximum Gasteiger partial charge on any atom is 0.228 e. The first-order valence-corrected chi connectivity index (χ1v) is 6.04. The topological polar surface area (TPSA) is 72.5 Å². The van der Waals surface area contributed by atoms with Crippen LogP contribution in [0.1, 0.15) is 30.9 Å². The van der Waals surface area contributed by atoms with Crippen molar-refractivity contribution in [1.82, 2.24) is 24.9 Å². The lowest BCUT2D eigenvalue weighted by molar-refractivity contribution is 0.367. The van der Waals surface area contributed by atoms with E-state index >= 15 is 0 Å². The predicted octanol–water partition coefficient (Wildman–Crippen LogP) is 1.83. The Morgan fingerprint density at radius 2 is 2.24 bits per heavy atom. The predicted molar refractivity (Wildman–Crippen MR) is 64.1 cm³/mol. The van der Waals surface area contributed by atoms with Crippen LogP contribution in [0.25, 0.3) is 0 Å². The number of hydrogen-bond acceptors (Lipinski definition) is 5. The molecule has 0 radical (unpaired) electrons. The fraction of sp³-hybridized carbons (Fsp3) is 0.600. The van der Waals surface area contributed by atoms with Crippen molar-refractivity contribution in [2.24, 2.45) is 0 Å². The Kier molecular flexibility index (Phi) is 3.68.